The molecular weight excluding hydrogens is 92.1 g/mol. The Morgan fingerprint density at radius 1 is 1.67 bits per heavy atom. The Bertz CT molecular complexity index is 36.4. The predicted molar refractivity (Wildman–Crippen MR) is 31.1 cm³/mol. The van der Waals surface area contributed by atoms with E-state index in [9.17, 15) is 0 Å². The highest BCUT2D eigenvalue weighted by Gasteiger charge is 2.14. The van der Waals surface area contributed by atoms with E-state index in [-0.39, 0.29) is 0 Å². The van der Waals surface area contributed by atoms with Crippen LogP contribution in [0.25, 0.3) is 0 Å². The van der Waals surface area contributed by atoms with E-state index >= 15 is 0 Å². The second-order valence-corrected chi connectivity index (χ2v) is 2.89. The highest BCUT2D eigenvalue weighted by Crippen LogP contribution is 2.26. The van der Waals surface area contributed by atoms with Crippen molar-refractivity contribution in [3.63, 3.8) is 0 Å². The summed E-state index contributed by atoms with van der Waals surface area (Å²) in [5, 5.41) is 0. The topological polar surface area (TPSA) is 0 Å². The molecule has 36 valence electrons. The van der Waals surface area contributed by atoms with Crippen molar-refractivity contribution in [1.29, 1.82) is 0 Å². The van der Waals surface area contributed by atoms with Crippen molar-refractivity contribution in [3.8, 4) is 0 Å². The third-order valence-corrected chi connectivity index (χ3v) is 2.70. The Morgan fingerprint density at radius 2 is 2.33 bits per heavy atom. The largest absolute Gasteiger partial charge is 0.161 e. The van der Waals surface area contributed by atoms with E-state index in [2.05, 4.69) is 18.7 Å². The van der Waals surface area contributed by atoms with Gasteiger partial charge in [0.05, 0.1) is 0 Å². The summed E-state index contributed by atoms with van der Waals surface area (Å²) in [5.41, 5.74) is 0. The summed E-state index contributed by atoms with van der Waals surface area (Å²) in [6, 6.07) is 0. The first-order valence-electron chi connectivity index (χ1n) is 2.51. The molecule has 0 unspecified atom stereocenters. The summed E-state index contributed by atoms with van der Waals surface area (Å²) in [7, 11) is 0. The van der Waals surface area contributed by atoms with Crippen LogP contribution in [0.4, 0.5) is 0 Å². The number of hydrogen-bond donors (Lipinski definition) is 0. The van der Waals surface area contributed by atoms with Gasteiger partial charge in [0.2, 0.25) is 0 Å². The minimum absolute atomic E-state index is 1.08. The van der Waals surface area contributed by atoms with Crippen LogP contribution < -0.4 is 0 Å². The molecule has 0 aliphatic carbocycles. The maximum atomic E-state index is 2.27. The van der Waals surface area contributed by atoms with Crippen LogP contribution in [0.1, 0.15) is 13.3 Å². The van der Waals surface area contributed by atoms with E-state index in [0.717, 1.165) is 5.92 Å². The Hall–Kier alpha value is 0.350. The number of thioether (sulfide) groups is 1. The fourth-order valence-electron chi connectivity index (χ4n) is 0.520. The van der Waals surface area contributed by atoms with Gasteiger partial charge in [0, 0.05) is 0 Å². The van der Waals surface area contributed by atoms with Gasteiger partial charge in [-0.2, -0.15) is 11.8 Å². The van der Waals surface area contributed by atoms with Gasteiger partial charge in [-0.15, -0.1) is 0 Å². The monoisotopic (exact) mass is 102 g/mol. The molecule has 0 spiro atoms. The van der Waals surface area contributed by atoms with Gasteiger partial charge in [-0.3, -0.25) is 0 Å². The van der Waals surface area contributed by atoms with Crippen LogP contribution in [0.5, 0.6) is 0 Å². The first-order chi connectivity index (χ1) is 2.93. The molecule has 6 heavy (non-hydrogen) atoms. The Balaban J connectivity index is 2.01. The highest BCUT2D eigenvalue weighted by atomic mass is 32.2. The SMILES string of the molecule is CCC1CSC1. The van der Waals surface area contributed by atoms with Gasteiger partial charge >= 0.3 is 0 Å². The van der Waals surface area contributed by atoms with Crippen molar-refractivity contribution in [3.05, 3.63) is 0 Å². The van der Waals surface area contributed by atoms with Crippen molar-refractivity contribution >= 4 is 11.8 Å². The zero-order chi connectivity index (χ0) is 4.41. The average Bonchev–Trinajstić information content (AvgIpc) is 1.31. The molecule has 1 aliphatic rings. The predicted octanol–water partition coefficient (Wildman–Crippen LogP) is 1.76. The number of hydrogen-bond acceptors (Lipinski definition) is 1. The Labute approximate surface area is 43.3 Å². The smallest absolute Gasteiger partial charge is 0.00312 e. The minimum atomic E-state index is 1.08. The van der Waals surface area contributed by atoms with Gasteiger partial charge in [0.1, 0.15) is 0 Å². The summed E-state index contributed by atoms with van der Waals surface area (Å²) in [4.78, 5) is 0. The quantitative estimate of drug-likeness (QED) is 0.486. The van der Waals surface area contributed by atoms with Crippen LogP contribution in [-0.4, -0.2) is 11.5 Å². The molecule has 0 amide bonds. The van der Waals surface area contributed by atoms with Crippen molar-refractivity contribution in [2.24, 2.45) is 5.92 Å². The average molecular weight is 102 g/mol. The normalized spacial score (nSPS) is 23.5. The standard InChI is InChI=1S/C5H10S/c1-2-5-3-6-4-5/h5H,2-4H2,1H3. The highest BCUT2D eigenvalue weighted by molar-refractivity contribution is 8.00. The fraction of sp³-hybridized carbons (Fsp3) is 1.00. The molecule has 0 aromatic heterocycles. The zero-order valence-electron chi connectivity index (χ0n) is 4.11. The number of rotatable bonds is 1. The van der Waals surface area contributed by atoms with Gasteiger partial charge in [-0.25, -0.2) is 0 Å². The Morgan fingerprint density at radius 3 is 2.33 bits per heavy atom. The van der Waals surface area contributed by atoms with Crippen LogP contribution in [0.15, 0.2) is 0 Å². The van der Waals surface area contributed by atoms with E-state index in [0.29, 0.717) is 0 Å². The summed E-state index contributed by atoms with van der Waals surface area (Å²) in [5.74, 6) is 3.93. The fourth-order valence-corrected chi connectivity index (χ4v) is 1.56. The molecule has 0 atom stereocenters. The molecule has 1 aliphatic heterocycles. The van der Waals surface area contributed by atoms with E-state index in [4.69, 9.17) is 0 Å². The molecule has 0 saturated carbocycles. The zero-order valence-corrected chi connectivity index (χ0v) is 4.92. The summed E-state index contributed by atoms with van der Waals surface area (Å²) >= 11 is 2.07. The molecule has 0 aromatic carbocycles. The van der Waals surface area contributed by atoms with Crippen LogP contribution in [0.3, 0.4) is 0 Å². The third-order valence-electron chi connectivity index (χ3n) is 1.28. The van der Waals surface area contributed by atoms with Crippen molar-refractivity contribution in [2.45, 2.75) is 13.3 Å². The third kappa shape index (κ3) is 0.700. The summed E-state index contributed by atoms with van der Waals surface area (Å²) < 4.78 is 0. The first-order valence-corrected chi connectivity index (χ1v) is 3.66. The van der Waals surface area contributed by atoms with Gasteiger partial charge in [-0.1, -0.05) is 13.3 Å². The molecule has 0 radical (unpaired) electrons. The maximum absolute atomic E-state index is 2.27. The van der Waals surface area contributed by atoms with E-state index in [1.807, 2.05) is 0 Å². The molecule has 0 aromatic rings. The van der Waals surface area contributed by atoms with Gasteiger partial charge < -0.3 is 0 Å². The van der Waals surface area contributed by atoms with Gasteiger partial charge in [0.25, 0.3) is 0 Å². The van der Waals surface area contributed by atoms with Crippen LogP contribution >= 0.6 is 11.8 Å². The van der Waals surface area contributed by atoms with Crippen LogP contribution in [0, 0.1) is 5.92 Å². The lowest BCUT2D eigenvalue weighted by atomic mass is 10.1. The molecule has 1 rings (SSSR count). The molecule has 1 saturated heterocycles. The van der Waals surface area contributed by atoms with Crippen LogP contribution in [-0.2, 0) is 0 Å². The molecule has 0 N–H and O–H groups in total. The second kappa shape index (κ2) is 1.87. The Kier molecular flexibility index (Phi) is 1.41. The van der Waals surface area contributed by atoms with Crippen molar-refractivity contribution < 1.29 is 0 Å². The van der Waals surface area contributed by atoms with Crippen molar-refractivity contribution in [2.75, 3.05) is 11.5 Å². The summed E-state index contributed by atoms with van der Waals surface area (Å²) in [6.45, 7) is 2.27. The summed E-state index contributed by atoms with van der Waals surface area (Å²) in [6.07, 6.45) is 1.40. The molecule has 1 fully saturated rings. The van der Waals surface area contributed by atoms with Crippen LogP contribution in [0.2, 0.25) is 0 Å². The lowest BCUT2D eigenvalue weighted by Gasteiger charge is -2.22. The molecule has 0 bridgehead atoms. The first kappa shape index (κ1) is 4.51. The molecule has 1 heteroatoms. The second-order valence-electron chi connectivity index (χ2n) is 1.81. The van der Waals surface area contributed by atoms with E-state index in [1.54, 1.807) is 0 Å². The van der Waals surface area contributed by atoms with Crippen molar-refractivity contribution in [1.82, 2.24) is 0 Å². The van der Waals surface area contributed by atoms with E-state index < -0.39 is 0 Å². The molecule has 1 heterocycles. The molecule has 0 nitrogen and oxygen atoms in total. The molecular formula is C5H10S. The lowest BCUT2D eigenvalue weighted by Crippen LogP contribution is -2.15. The lowest BCUT2D eigenvalue weighted by molar-refractivity contribution is 0.617. The van der Waals surface area contributed by atoms with Gasteiger partial charge in [-0.05, 0) is 17.4 Å². The van der Waals surface area contributed by atoms with Gasteiger partial charge in [0.15, 0.2) is 0 Å². The minimum Gasteiger partial charge on any atom is -0.161 e. The maximum Gasteiger partial charge on any atom is -0.00312 e. The van der Waals surface area contributed by atoms with E-state index in [1.165, 1.54) is 17.9 Å².